The van der Waals surface area contributed by atoms with E-state index in [4.69, 9.17) is 4.74 Å². The van der Waals surface area contributed by atoms with Gasteiger partial charge in [0.15, 0.2) is 0 Å². The first-order valence-corrected chi connectivity index (χ1v) is 13.1. The highest BCUT2D eigenvalue weighted by atomic mass is 16.6. The highest BCUT2D eigenvalue weighted by Gasteiger charge is 2.23. The number of hydrogen-bond donors (Lipinski definition) is 3. The number of para-hydroxylation sites is 1. The molecule has 4 aromatic rings. The van der Waals surface area contributed by atoms with E-state index in [0.29, 0.717) is 32.5 Å². The van der Waals surface area contributed by atoms with Crippen LogP contribution in [0.3, 0.4) is 0 Å². The van der Waals surface area contributed by atoms with E-state index in [0.717, 1.165) is 16.5 Å². The van der Waals surface area contributed by atoms with Crippen molar-refractivity contribution >= 4 is 33.7 Å². The molecule has 0 radical (unpaired) electrons. The Bertz CT molecular complexity index is 1380. The Kier molecular flexibility index (Phi) is 8.69. The molecule has 7 nitrogen and oxygen atoms in total. The minimum Gasteiger partial charge on any atom is -0.481 e. The molecule has 7 heteroatoms. The number of nitrogens with zero attached hydrogens (tertiary/aromatic N) is 1. The van der Waals surface area contributed by atoms with Crippen molar-refractivity contribution in [3.8, 4) is 0 Å². The molecule has 0 saturated carbocycles. The minimum atomic E-state index is -0.859. The first-order valence-electron chi connectivity index (χ1n) is 13.1. The lowest BCUT2D eigenvalue weighted by Gasteiger charge is -2.28. The monoisotopic (exact) mass is 515 g/mol. The number of carbonyl (C=O) groups excluding carboxylic acids is 1. The van der Waals surface area contributed by atoms with Crippen molar-refractivity contribution in [2.45, 2.75) is 51.7 Å². The van der Waals surface area contributed by atoms with E-state index in [-0.39, 0.29) is 18.6 Å². The number of aliphatic carboxylic acids is 1. The number of rotatable bonds is 11. The van der Waals surface area contributed by atoms with Crippen molar-refractivity contribution in [3.05, 3.63) is 84.1 Å². The lowest BCUT2D eigenvalue weighted by molar-refractivity contribution is -0.137. The van der Waals surface area contributed by atoms with Crippen LogP contribution in [0.2, 0.25) is 0 Å². The molecular weight excluding hydrogens is 478 g/mol. The van der Waals surface area contributed by atoms with Crippen LogP contribution in [0.5, 0.6) is 0 Å². The van der Waals surface area contributed by atoms with E-state index in [9.17, 15) is 14.7 Å². The van der Waals surface area contributed by atoms with Crippen LogP contribution >= 0.6 is 0 Å². The Morgan fingerprint density at radius 2 is 1.66 bits per heavy atom. The number of nitrogens with one attached hydrogen (secondary N) is 2. The normalized spacial score (nSPS) is 12.5. The molecule has 3 aromatic carbocycles. The van der Waals surface area contributed by atoms with Gasteiger partial charge in [0.1, 0.15) is 5.60 Å². The summed E-state index contributed by atoms with van der Waals surface area (Å²) in [6.45, 7) is 6.93. The van der Waals surface area contributed by atoms with E-state index >= 15 is 0 Å². The van der Waals surface area contributed by atoms with Crippen LogP contribution in [0.4, 0.5) is 4.79 Å². The van der Waals surface area contributed by atoms with Gasteiger partial charge in [-0.2, -0.15) is 0 Å². The molecule has 3 N–H and O–H groups in total. The molecule has 0 aliphatic carbocycles. The first kappa shape index (κ1) is 27.2. The molecule has 200 valence electrons. The summed E-state index contributed by atoms with van der Waals surface area (Å²) in [6, 6.07) is 22.2. The molecule has 1 amide bonds. The second kappa shape index (κ2) is 12.1. The van der Waals surface area contributed by atoms with Crippen molar-refractivity contribution in [3.63, 3.8) is 0 Å². The predicted octanol–water partition coefficient (Wildman–Crippen LogP) is 5.78. The molecule has 4 rings (SSSR count). The number of ether oxygens (including phenoxy) is 1. The van der Waals surface area contributed by atoms with Crippen molar-refractivity contribution in [2.24, 2.45) is 0 Å². The average molecular weight is 516 g/mol. The van der Waals surface area contributed by atoms with Crippen LogP contribution in [0.25, 0.3) is 21.7 Å². The molecule has 0 saturated heterocycles. The van der Waals surface area contributed by atoms with Gasteiger partial charge in [0, 0.05) is 42.8 Å². The maximum atomic E-state index is 13.1. The Morgan fingerprint density at radius 3 is 2.42 bits per heavy atom. The number of H-pyrrole nitrogens is 1. The zero-order valence-electron chi connectivity index (χ0n) is 22.4. The second-order valence-electron chi connectivity index (χ2n) is 10.7. The van der Waals surface area contributed by atoms with Crippen molar-refractivity contribution < 1.29 is 19.4 Å². The standard InChI is InChI=1S/C31H37N3O4/c1-31(2,3)38-30(37)34(17-15-23-11-8-10-22-9-4-5-12-26(22)23)18-16-32-25(20-29(35)36)19-24-21-33-28-14-7-6-13-27(24)28/h4-14,21,25,32-33H,15-20H2,1-3H3,(H,35,36). The molecule has 0 bridgehead atoms. The molecule has 1 unspecified atom stereocenters. The summed E-state index contributed by atoms with van der Waals surface area (Å²) < 4.78 is 5.69. The highest BCUT2D eigenvalue weighted by Crippen LogP contribution is 2.21. The van der Waals surface area contributed by atoms with Gasteiger partial charge < -0.3 is 25.0 Å². The van der Waals surface area contributed by atoms with E-state index < -0.39 is 11.6 Å². The number of carbonyl (C=O) groups is 2. The quantitative estimate of drug-likeness (QED) is 0.236. The van der Waals surface area contributed by atoms with Gasteiger partial charge in [-0.25, -0.2) is 4.79 Å². The number of amides is 1. The largest absolute Gasteiger partial charge is 0.481 e. The van der Waals surface area contributed by atoms with Crippen LogP contribution in [0.1, 0.15) is 38.3 Å². The smallest absolute Gasteiger partial charge is 0.410 e. The fourth-order valence-corrected chi connectivity index (χ4v) is 4.78. The summed E-state index contributed by atoms with van der Waals surface area (Å²) in [5.74, 6) is -0.859. The van der Waals surface area contributed by atoms with Gasteiger partial charge in [-0.3, -0.25) is 4.79 Å². The Balaban J connectivity index is 1.43. The molecule has 0 aliphatic rings. The average Bonchev–Trinajstić information content (AvgIpc) is 3.27. The van der Waals surface area contributed by atoms with Gasteiger partial charge >= 0.3 is 12.1 Å². The van der Waals surface area contributed by atoms with Crippen LogP contribution < -0.4 is 5.32 Å². The Morgan fingerprint density at radius 1 is 0.947 bits per heavy atom. The van der Waals surface area contributed by atoms with E-state index in [2.05, 4.69) is 34.6 Å². The lowest BCUT2D eigenvalue weighted by atomic mass is 10.0. The Labute approximate surface area is 223 Å². The minimum absolute atomic E-state index is 0.0120. The fraction of sp³-hybridized carbons (Fsp3) is 0.355. The number of carboxylic acids is 1. The zero-order chi connectivity index (χ0) is 27.1. The van der Waals surface area contributed by atoms with Crippen LogP contribution in [-0.2, 0) is 22.4 Å². The number of benzene rings is 3. The summed E-state index contributed by atoms with van der Waals surface area (Å²) in [5.41, 5.74) is 2.66. The summed E-state index contributed by atoms with van der Waals surface area (Å²) in [6.07, 6.45) is 2.82. The van der Waals surface area contributed by atoms with E-state index in [1.54, 1.807) is 4.90 Å². The van der Waals surface area contributed by atoms with Gasteiger partial charge in [-0.05, 0) is 61.6 Å². The molecular formula is C31H37N3O4. The number of hydrogen-bond acceptors (Lipinski definition) is 4. The van der Waals surface area contributed by atoms with Gasteiger partial charge in [0.25, 0.3) is 0 Å². The van der Waals surface area contributed by atoms with Crippen molar-refractivity contribution in [2.75, 3.05) is 19.6 Å². The molecule has 38 heavy (non-hydrogen) atoms. The van der Waals surface area contributed by atoms with Gasteiger partial charge in [0.2, 0.25) is 0 Å². The third-order valence-corrected chi connectivity index (χ3v) is 6.56. The summed E-state index contributed by atoms with van der Waals surface area (Å²) >= 11 is 0. The van der Waals surface area contributed by atoms with Gasteiger partial charge in [0.05, 0.1) is 6.42 Å². The molecule has 0 spiro atoms. The number of aromatic amines is 1. The molecule has 0 aliphatic heterocycles. The number of carboxylic acid groups (broad SMARTS) is 1. The summed E-state index contributed by atoms with van der Waals surface area (Å²) in [4.78, 5) is 29.6. The van der Waals surface area contributed by atoms with Crippen molar-refractivity contribution in [1.82, 2.24) is 15.2 Å². The van der Waals surface area contributed by atoms with Gasteiger partial charge in [-0.1, -0.05) is 60.7 Å². The van der Waals surface area contributed by atoms with Crippen molar-refractivity contribution in [1.29, 1.82) is 0 Å². The topological polar surface area (TPSA) is 94.7 Å². The molecule has 1 heterocycles. The third-order valence-electron chi connectivity index (χ3n) is 6.56. The van der Waals surface area contributed by atoms with Crippen LogP contribution in [0, 0.1) is 0 Å². The first-order chi connectivity index (χ1) is 18.2. The maximum Gasteiger partial charge on any atom is 0.410 e. The highest BCUT2D eigenvalue weighted by molar-refractivity contribution is 5.86. The molecule has 0 fully saturated rings. The second-order valence-corrected chi connectivity index (χ2v) is 10.7. The molecule has 1 aromatic heterocycles. The fourth-order valence-electron chi connectivity index (χ4n) is 4.78. The Hall–Kier alpha value is -3.84. The SMILES string of the molecule is CC(C)(C)OC(=O)N(CCNC(CC(=O)O)Cc1c[nH]c2ccccc12)CCc1cccc2ccccc12. The summed E-state index contributed by atoms with van der Waals surface area (Å²) in [5, 5.41) is 16.3. The van der Waals surface area contributed by atoms with E-state index in [1.165, 1.54) is 16.3 Å². The summed E-state index contributed by atoms with van der Waals surface area (Å²) in [7, 11) is 0. The van der Waals surface area contributed by atoms with E-state index in [1.807, 2.05) is 69.4 Å². The van der Waals surface area contributed by atoms with Crippen LogP contribution in [-0.4, -0.2) is 58.3 Å². The lowest BCUT2D eigenvalue weighted by Crippen LogP contribution is -2.44. The zero-order valence-corrected chi connectivity index (χ0v) is 22.4. The maximum absolute atomic E-state index is 13.1. The van der Waals surface area contributed by atoms with Gasteiger partial charge in [-0.15, -0.1) is 0 Å². The molecule has 1 atom stereocenters. The van der Waals surface area contributed by atoms with Crippen LogP contribution in [0.15, 0.2) is 72.9 Å². The third kappa shape index (κ3) is 7.35. The number of fused-ring (bicyclic) bond motifs is 2. The number of aromatic nitrogens is 1. The predicted molar refractivity (Wildman–Crippen MR) is 152 cm³/mol.